The first kappa shape index (κ1) is 39.6. The third-order valence-electron chi connectivity index (χ3n) is 13.0. The molecule has 0 fully saturated rings. The fourth-order valence-electron chi connectivity index (χ4n) is 9.90. The van der Waals surface area contributed by atoms with Crippen molar-refractivity contribution in [1.29, 1.82) is 0 Å². The van der Waals surface area contributed by atoms with E-state index >= 15 is 0 Å². The molecular weight excluding hydrogens is 847 g/mol. The Bertz CT molecular complexity index is 3700. The smallest absolute Gasteiger partial charge is 0.228 e. The summed E-state index contributed by atoms with van der Waals surface area (Å²) >= 11 is 1.81. The summed E-state index contributed by atoms with van der Waals surface area (Å²) in [6.07, 6.45) is 0. The predicted octanol–water partition coefficient (Wildman–Crippen LogP) is 18.4. The zero-order valence-corrected chi connectivity index (χ0v) is 37.6. The van der Waals surface area contributed by atoms with Crippen LogP contribution in [0.5, 0.6) is 0 Å². The van der Waals surface area contributed by atoms with Crippen LogP contribution in [-0.4, -0.2) is 4.98 Å². The van der Waals surface area contributed by atoms with Crippen molar-refractivity contribution in [1.82, 2.24) is 4.98 Å². The second-order valence-electron chi connectivity index (χ2n) is 17.1. The maximum Gasteiger partial charge on any atom is 0.228 e. The molecule has 68 heavy (non-hydrogen) atoms. The molecule has 0 amide bonds. The Balaban J connectivity index is 1.01. The van der Waals surface area contributed by atoms with Gasteiger partial charge in [0, 0.05) is 70.6 Å². The molecule has 13 rings (SSSR count). The third-order valence-corrected chi connectivity index (χ3v) is 14.2. The zero-order chi connectivity index (χ0) is 45.0. The van der Waals surface area contributed by atoms with E-state index in [2.05, 4.69) is 259 Å². The fourth-order valence-corrected chi connectivity index (χ4v) is 11.0. The standard InChI is InChI=1S/C63H41N3OS/c1-5-20-46(21-6-1)65(47-22-7-2-8-23-47)50-28-15-18-42(38-50)44-34-36-52-56(40-44)57-41-45(43-19-16-29-51(39-43)66(48-24-9-3-10-25-48)49-26-11-4-12-27-49)35-37-53(57)62-61(52)64-63(67-62)55-31-17-33-59-60(55)54-30-13-14-32-58(54)68-59/h1-41H. The number of oxazole rings is 1. The summed E-state index contributed by atoms with van der Waals surface area (Å²) in [7, 11) is 0. The van der Waals surface area contributed by atoms with Crippen molar-refractivity contribution in [3.8, 4) is 33.7 Å². The van der Waals surface area contributed by atoms with Crippen molar-refractivity contribution in [2.45, 2.75) is 0 Å². The average Bonchev–Trinajstić information content (AvgIpc) is 4.03. The Morgan fingerprint density at radius 1 is 0.324 bits per heavy atom. The summed E-state index contributed by atoms with van der Waals surface area (Å²) < 4.78 is 9.49. The van der Waals surface area contributed by atoms with Gasteiger partial charge < -0.3 is 14.2 Å². The van der Waals surface area contributed by atoms with Gasteiger partial charge >= 0.3 is 0 Å². The molecule has 320 valence electrons. The molecule has 2 aromatic heterocycles. The summed E-state index contributed by atoms with van der Waals surface area (Å²) in [5, 5.41) is 6.69. The zero-order valence-electron chi connectivity index (χ0n) is 36.8. The number of anilines is 6. The van der Waals surface area contributed by atoms with Gasteiger partial charge in [0.2, 0.25) is 5.89 Å². The fraction of sp³-hybridized carbons (Fsp3) is 0. The predicted molar refractivity (Wildman–Crippen MR) is 288 cm³/mol. The number of fused-ring (bicyclic) bond motifs is 9. The van der Waals surface area contributed by atoms with Crippen molar-refractivity contribution in [2.24, 2.45) is 0 Å². The molecule has 0 N–H and O–H groups in total. The van der Waals surface area contributed by atoms with Crippen LogP contribution in [0.4, 0.5) is 34.1 Å². The number of hydrogen-bond acceptors (Lipinski definition) is 5. The molecule has 0 aliphatic carbocycles. The number of aromatic nitrogens is 1. The molecule has 4 nitrogen and oxygen atoms in total. The topological polar surface area (TPSA) is 32.5 Å². The Labute approximate surface area is 397 Å². The third kappa shape index (κ3) is 6.88. The van der Waals surface area contributed by atoms with Crippen LogP contribution in [-0.2, 0) is 0 Å². The van der Waals surface area contributed by atoms with Gasteiger partial charge in [0.25, 0.3) is 0 Å². The van der Waals surface area contributed by atoms with Crippen LogP contribution in [0.15, 0.2) is 253 Å². The normalized spacial score (nSPS) is 11.5. The molecule has 0 aliphatic rings. The van der Waals surface area contributed by atoms with Crippen LogP contribution in [0.25, 0.3) is 86.5 Å². The number of benzene rings is 11. The van der Waals surface area contributed by atoms with Gasteiger partial charge in [-0.15, -0.1) is 11.3 Å². The largest absolute Gasteiger partial charge is 0.435 e. The van der Waals surface area contributed by atoms with Crippen molar-refractivity contribution < 1.29 is 4.42 Å². The SMILES string of the molecule is c1ccc(N(c2ccccc2)c2cccc(-c3ccc4c(c3)c3cc(-c5cccc(N(c6ccccc6)c6ccccc6)c5)ccc3c3oc(-c5cccc6sc7ccccc7c56)nc43)c2)cc1. The van der Waals surface area contributed by atoms with E-state index in [9.17, 15) is 0 Å². The summed E-state index contributed by atoms with van der Waals surface area (Å²) in [5.41, 5.74) is 13.7. The van der Waals surface area contributed by atoms with Gasteiger partial charge in [-0.2, -0.15) is 0 Å². The molecule has 0 saturated heterocycles. The molecule has 0 saturated carbocycles. The molecular formula is C63H41N3OS. The summed E-state index contributed by atoms with van der Waals surface area (Å²) in [6.45, 7) is 0. The average molecular weight is 888 g/mol. The van der Waals surface area contributed by atoms with Gasteiger partial charge in [-0.25, -0.2) is 4.98 Å². The van der Waals surface area contributed by atoms with Gasteiger partial charge in [0.15, 0.2) is 5.58 Å². The van der Waals surface area contributed by atoms with Crippen molar-refractivity contribution in [3.05, 3.63) is 249 Å². The maximum atomic E-state index is 7.02. The summed E-state index contributed by atoms with van der Waals surface area (Å²) in [6, 6.07) is 88.7. The van der Waals surface area contributed by atoms with E-state index in [4.69, 9.17) is 9.40 Å². The minimum atomic E-state index is 0.625. The molecule has 0 radical (unpaired) electrons. The highest BCUT2D eigenvalue weighted by molar-refractivity contribution is 7.25. The highest BCUT2D eigenvalue weighted by Gasteiger charge is 2.21. The highest BCUT2D eigenvalue weighted by Crippen LogP contribution is 2.45. The highest BCUT2D eigenvalue weighted by atomic mass is 32.1. The van der Waals surface area contributed by atoms with Crippen LogP contribution < -0.4 is 9.80 Å². The molecule has 2 heterocycles. The van der Waals surface area contributed by atoms with E-state index in [1.165, 1.54) is 20.2 Å². The van der Waals surface area contributed by atoms with E-state index in [1.807, 2.05) is 0 Å². The number of thiophene rings is 1. The summed E-state index contributed by atoms with van der Waals surface area (Å²) in [4.78, 5) is 10.0. The molecule has 11 aromatic carbocycles. The number of para-hydroxylation sites is 4. The Morgan fingerprint density at radius 2 is 0.765 bits per heavy atom. The Hall–Kier alpha value is -8.77. The second kappa shape index (κ2) is 16.6. The van der Waals surface area contributed by atoms with Crippen molar-refractivity contribution in [3.63, 3.8) is 0 Å². The van der Waals surface area contributed by atoms with Gasteiger partial charge in [-0.3, -0.25) is 0 Å². The lowest BCUT2D eigenvalue weighted by Gasteiger charge is -2.26. The molecule has 0 spiro atoms. The first-order chi connectivity index (χ1) is 33.7. The monoisotopic (exact) mass is 887 g/mol. The minimum absolute atomic E-state index is 0.625. The molecule has 0 aliphatic heterocycles. The van der Waals surface area contributed by atoms with Gasteiger partial charge in [-0.05, 0) is 142 Å². The Kier molecular flexibility index (Phi) is 9.66. The van der Waals surface area contributed by atoms with Gasteiger partial charge in [0.05, 0.1) is 0 Å². The molecule has 0 atom stereocenters. The number of hydrogen-bond donors (Lipinski definition) is 0. The van der Waals surface area contributed by atoms with Crippen LogP contribution >= 0.6 is 11.3 Å². The molecule has 0 unspecified atom stereocenters. The quantitative estimate of drug-likeness (QED) is 0.135. The van der Waals surface area contributed by atoms with Crippen LogP contribution in [0.3, 0.4) is 0 Å². The van der Waals surface area contributed by atoms with E-state index < -0.39 is 0 Å². The van der Waals surface area contributed by atoms with E-state index in [0.717, 1.165) is 94.6 Å². The van der Waals surface area contributed by atoms with E-state index in [-0.39, 0.29) is 0 Å². The lowest BCUT2D eigenvalue weighted by Crippen LogP contribution is -2.09. The van der Waals surface area contributed by atoms with E-state index in [0.29, 0.717) is 5.89 Å². The van der Waals surface area contributed by atoms with Gasteiger partial charge in [0.1, 0.15) is 5.52 Å². The molecule has 13 aromatic rings. The molecule has 0 bridgehead atoms. The number of nitrogens with zero attached hydrogens (tertiary/aromatic N) is 3. The van der Waals surface area contributed by atoms with Crippen LogP contribution in [0.1, 0.15) is 0 Å². The summed E-state index contributed by atoms with van der Waals surface area (Å²) in [5.74, 6) is 0.625. The first-order valence-electron chi connectivity index (χ1n) is 22.9. The van der Waals surface area contributed by atoms with E-state index in [1.54, 1.807) is 11.3 Å². The lowest BCUT2D eigenvalue weighted by molar-refractivity contribution is 0.624. The maximum absolute atomic E-state index is 7.02. The molecule has 5 heteroatoms. The first-order valence-corrected chi connectivity index (χ1v) is 23.8. The Morgan fingerprint density at radius 3 is 1.32 bits per heavy atom. The number of rotatable bonds is 9. The van der Waals surface area contributed by atoms with Crippen LogP contribution in [0, 0.1) is 0 Å². The van der Waals surface area contributed by atoms with Crippen molar-refractivity contribution >= 4 is 98.3 Å². The lowest BCUT2D eigenvalue weighted by atomic mass is 9.93. The van der Waals surface area contributed by atoms with Crippen LogP contribution in [0.2, 0.25) is 0 Å². The van der Waals surface area contributed by atoms with Crippen molar-refractivity contribution in [2.75, 3.05) is 9.80 Å². The second-order valence-corrected chi connectivity index (χ2v) is 18.2. The van der Waals surface area contributed by atoms with Gasteiger partial charge in [-0.1, -0.05) is 140 Å². The minimum Gasteiger partial charge on any atom is -0.435 e.